The van der Waals surface area contributed by atoms with Crippen molar-refractivity contribution in [2.24, 2.45) is 0 Å². The van der Waals surface area contributed by atoms with Gasteiger partial charge in [0.1, 0.15) is 0 Å². The van der Waals surface area contributed by atoms with Crippen molar-refractivity contribution in [2.45, 2.75) is 6.42 Å². The molecular formula is C14H19Cl2F2N3O. The second-order valence-electron chi connectivity index (χ2n) is 4.95. The predicted octanol–water partition coefficient (Wildman–Crippen LogP) is 2.07. The van der Waals surface area contributed by atoms with Gasteiger partial charge in [-0.15, -0.1) is 12.4 Å². The Hall–Kier alpha value is -0.950. The Morgan fingerprint density at radius 2 is 1.91 bits per heavy atom. The second kappa shape index (κ2) is 9.25. The van der Waals surface area contributed by atoms with E-state index in [9.17, 15) is 13.6 Å². The molecule has 1 fully saturated rings. The van der Waals surface area contributed by atoms with Crippen LogP contribution in [0.2, 0.25) is 5.02 Å². The largest absolute Gasteiger partial charge is 0.352 e. The number of halogens is 4. The van der Waals surface area contributed by atoms with Gasteiger partial charge in [0.2, 0.25) is 0 Å². The molecule has 0 spiro atoms. The average Bonchev–Trinajstić information content (AvgIpc) is 2.48. The average molecular weight is 354 g/mol. The number of hydrogen-bond donors (Lipinski definition) is 2. The molecule has 0 aliphatic carbocycles. The lowest BCUT2D eigenvalue weighted by molar-refractivity contribution is 0.0951. The van der Waals surface area contributed by atoms with Crippen molar-refractivity contribution in [1.29, 1.82) is 0 Å². The third kappa shape index (κ3) is 5.35. The van der Waals surface area contributed by atoms with E-state index in [4.69, 9.17) is 11.6 Å². The molecule has 8 heteroatoms. The Balaban J connectivity index is 0.00000242. The maximum atomic E-state index is 13.1. The molecular weight excluding hydrogens is 335 g/mol. The van der Waals surface area contributed by atoms with E-state index in [0.717, 1.165) is 51.3 Å². The lowest BCUT2D eigenvalue weighted by atomic mass is 10.2. The summed E-state index contributed by atoms with van der Waals surface area (Å²) in [5, 5.41) is 5.85. The molecule has 1 saturated heterocycles. The maximum absolute atomic E-state index is 13.1. The normalized spacial score (nSPS) is 15.2. The van der Waals surface area contributed by atoms with Crippen LogP contribution in [0.3, 0.4) is 0 Å². The number of hydrogen-bond acceptors (Lipinski definition) is 3. The SMILES string of the molecule is Cl.O=C(NCCCN1CCNCC1)c1cc(F)c(F)cc1Cl. The minimum atomic E-state index is -1.08. The number of carbonyl (C=O) groups is 1. The van der Waals surface area contributed by atoms with Crippen molar-refractivity contribution in [3.63, 3.8) is 0 Å². The summed E-state index contributed by atoms with van der Waals surface area (Å²) in [6, 6.07) is 1.63. The zero-order valence-corrected chi connectivity index (χ0v) is 13.6. The van der Waals surface area contributed by atoms with Crippen molar-refractivity contribution >= 4 is 29.9 Å². The molecule has 22 heavy (non-hydrogen) atoms. The topological polar surface area (TPSA) is 44.4 Å². The van der Waals surface area contributed by atoms with Crippen LogP contribution >= 0.6 is 24.0 Å². The lowest BCUT2D eigenvalue weighted by Gasteiger charge is -2.27. The summed E-state index contributed by atoms with van der Waals surface area (Å²) in [4.78, 5) is 14.2. The van der Waals surface area contributed by atoms with Gasteiger partial charge in [0.15, 0.2) is 11.6 Å². The molecule has 0 bridgehead atoms. The van der Waals surface area contributed by atoms with Gasteiger partial charge in [-0.05, 0) is 25.1 Å². The van der Waals surface area contributed by atoms with Crippen LogP contribution in [0.1, 0.15) is 16.8 Å². The summed E-state index contributed by atoms with van der Waals surface area (Å²) in [5.74, 6) is -2.63. The number of carbonyl (C=O) groups excluding carboxylic acids is 1. The van der Waals surface area contributed by atoms with E-state index < -0.39 is 17.5 Å². The van der Waals surface area contributed by atoms with E-state index in [1.54, 1.807) is 0 Å². The summed E-state index contributed by atoms with van der Waals surface area (Å²) in [6.45, 7) is 5.34. The summed E-state index contributed by atoms with van der Waals surface area (Å²) in [7, 11) is 0. The van der Waals surface area contributed by atoms with Gasteiger partial charge < -0.3 is 15.5 Å². The molecule has 1 aromatic carbocycles. The minimum Gasteiger partial charge on any atom is -0.352 e. The standard InChI is InChI=1S/C14H18ClF2N3O.ClH/c15-11-9-13(17)12(16)8-10(11)14(21)19-2-1-5-20-6-3-18-4-7-20;/h8-9,18H,1-7H2,(H,19,21);1H. The van der Waals surface area contributed by atoms with E-state index in [2.05, 4.69) is 15.5 Å². The third-order valence-electron chi connectivity index (χ3n) is 3.40. The molecule has 1 amide bonds. The number of nitrogens with zero attached hydrogens (tertiary/aromatic N) is 1. The van der Waals surface area contributed by atoms with Crippen LogP contribution < -0.4 is 10.6 Å². The Morgan fingerprint density at radius 3 is 2.59 bits per heavy atom. The minimum absolute atomic E-state index is 0. The Bertz CT molecular complexity index is 511. The van der Waals surface area contributed by atoms with Crippen LogP contribution in [-0.4, -0.2) is 50.1 Å². The molecule has 1 aromatic rings. The Morgan fingerprint density at radius 1 is 1.27 bits per heavy atom. The zero-order valence-electron chi connectivity index (χ0n) is 12.0. The van der Waals surface area contributed by atoms with Gasteiger partial charge in [-0.3, -0.25) is 4.79 Å². The van der Waals surface area contributed by atoms with Crippen molar-refractivity contribution in [2.75, 3.05) is 39.3 Å². The highest BCUT2D eigenvalue weighted by Gasteiger charge is 2.15. The highest BCUT2D eigenvalue weighted by Crippen LogP contribution is 2.19. The zero-order chi connectivity index (χ0) is 15.2. The van der Waals surface area contributed by atoms with Crippen LogP contribution in [0.4, 0.5) is 8.78 Å². The summed E-state index contributed by atoms with van der Waals surface area (Å²) in [5.41, 5.74) is -0.0438. The van der Waals surface area contributed by atoms with E-state index in [0.29, 0.717) is 6.54 Å². The molecule has 0 atom stereocenters. The monoisotopic (exact) mass is 353 g/mol. The summed E-state index contributed by atoms with van der Waals surface area (Å²) < 4.78 is 26.1. The van der Waals surface area contributed by atoms with Crippen molar-refractivity contribution in [1.82, 2.24) is 15.5 Å². The van der Waals surface area contributed by atoms with E-state index in [-0.39, 0.29) is 23.0 Å². The fraction of sp³-hybridized carbons (Fsp3) is 0.500. The van der Waals surface area contributed by atoms with Crippen molar-refractivity contribution in [3.05, 3.63) is 34.4 Å². The van der Waals surface area contributed by atoms with Crippen LogP contribution in [0.15, 0.2) is 12.1 Å². The third-order valence-corrected chi connectivity index (χ3v) is 3.71. The number of piperazine rings is 1. The number of rotatable bonds is 5. The molecule has 2 rings (SSSR count). The first kappa shape index (κ1) is 19.1. The lowest BCUT2D eigenvalue weighted by Crippen LogP contribution is -2.44. The predicted molar refractivity (Wildman–Crippen MR) is 84.9 cm³/mol. The molecule has 0 saturated carbocycles. The first-order valence-electron chi connectivity index (χ1n) is 6.94. The summed E-state index contributed by atoms with van der Waals surface area (Å²) >= 11 is 5.75. The number of benzene rings is 1. The maximum Gasteiger partial charge on any atom is 0.252 e. The van der Waals surface area contributed by atoms with Crippen LogP contribution in [-0.2, 0) is 0 Å². The molecule has 2 N–H and O–H groups in total. The molecule has 1 heterocycles. The van der Waals surface area contributed by atoms with E-state index >= 15 is 0 Å². The van der Waals surface area contributed by atoms with Crippen LogP contribution in [0.5, 0.6) is 0 Å². The molecule has 124 valence electrons. The molecule has 1 aliphatic heterocycles. The first-order chi connectivity index (χ1) is 10.1. The Labute approximate surface area is 139 Å². The van der Waals surface area contributed by atoms with Crippen LogP contribution in [0, 0.1) is 11.6 Å². The van der Waals surface area contributed by atoms with E-state index in [1.807, 2.05) is 0 Å². The summed E-state index contributed by atoms with van der Waals surface area (Å²) in [6.07, 6.45) is 0.799. The molecule has 0 aromatic heterocycles. The number of amides is 1. The molecule has 0 unspecified atom stereocenters. The molecule has 4 nitrogen and oxygen atoms in total. The highest BCUT2D eigenvalue weighted by atomic mass is 35.5. The fourth-order valence-electron chi connectivity index (χ4n) is 2.23. The van der Waals surface area contributed by atoms with Gasteiger partial charge in [-0.25, -0.2) is 8.78 Å². The number of nitrogens with one attached hydrogen (secondary N) is 2. The van der Waals surface area contributed by atoms with Crippen molar-refractivity contribution < 1.29 is 13.6 Å². The first-order valence-corrected chi connectivity index (χ1v) is 7.31. The second-order valence-corrected chi connectivity index (χ2v) is 5.35. The smallest absolute Gasteiger partial charge is 0.252 e. The van der Waals surface area contributed by atoms with Gasteiger partial charge in [-0.2, -0.15) is 0 Å². The van der Waals surface area contributed by atoms with Gasteiger partial charge >= 0.3 is 0 Å². The molecule has 1 aliphatic rings. The van der Waals surface area contributed by atoms with Crippen molar-refractivity contribution in [3.8, 4) is 0 Å². The van der Waals surface area contributed by atoms with Crippen LogP contribution in [0.25, 0.3) is 0 Å². The fourth-order valence-corrected chi connectivity index (χ4v) is 2.47. The van der Waals surface area contributed by atoms with Gasteiger partial charge in [0, 0.05) is 32.7 Å². The van der Waals surface area contributed by atoms with Gasteiger partial charge in [-0.1, -0.05) is 11.6 Å². The molecule has 0 radical (unpaired) electrons. The quantitative estimate of drug-likeness (QED) is 0.629. The van der Waals surface area contributed by atoms with Gasteiger partial charge in [0.25, 0.3) is 5.91 Å². The highest BCUT2D eigenvalue weighted by molar-refractivity contribution is 6.33. The van der Waals surface area contributed by atoms with E-state index in [1.165, 1.54) is 0 Å². The van der Waals surface area contributed by atoms with Gasteiger partial charge in [0.05, 0.1) is 10.6 Å². The Kier molecular flexibility index (Phi) is 8.03.